The number of anilines is 1. The number of rotatable bonds is 1. The second-order valence-electron chi connectivity index (χ2n) is 2.87. The molecule has 0 bridgehead atoms. The van der Waals surface area contributed by atoms with Crippen LogP contribution in [0.1, 0.15) is 5.69 Å². The van der Waals surface area contributed by atoms with Gasteiger partial charge in [0, 0.05) is 11.9 Å². The number of hydrogen-bond acceptors (Lipinski definition) is 4. The van der Waals surface area contributed by atoms with E-state index in [1.807, 2.05) is 12.1 Å². The van der Waals surface area contributed by atoms with Gasteiger partial charge in [-0.25, -0.2) is 9.97 Å². The van der Waals surface area contributed by atoms with Gasteiger partial charge in [-0.05, 0) is 6.07 Å². The molecule has 0 spiro atoms. The van der Waals surface area contributed by atoms with Gasteiger partial charge in [0.15, 0.2) is 0 Å². The van der Waals surface area contributed by atoms with Crippen molar-refractivity contribution in [2.75, 3.05) is 5.73 Å². The largest absolute Gasteiger partial charge is 0.368 e. The van der Waals surface area contributed by atoms with Gasteiger partial charge in [-0.3, -0.25) is 0 Å². The van der Waals surface area contributed by atoms with E-state index in [1.54, 1.807) is 6.07 Å². The highest BCUT2D eigenvalue weighted by molar-refractivity contribution is 6.35. The van der Waals surface area contributed by atoms with Gasteiger partial charge >= 0.3 is 0 Å². The molecule has 2 rings (SSSR count). The molecule has 0 radical (unpaired) electrons. The van der Waals surface area contributed by atoms with Crippen molar-refractivity contribution < 1.29 is 0 Å². The monoisotopic (exact) mass is 208 g/mol. The maximum absolute atomic E-state index is 5.97. The Labute approximate surface area is 85.9 Å². The van der Waals surface area contributed by atoms with Crippen molar-refractivity contribution in [3.8, 4) is 0 Å². The maximum atomic E-state index is 5.97. The third-order valence-corrected chi connectivity index (χ3v) is 2.27. The van der Waals surface area contributed by atoms with Crippen LogP contribution in [0.3, 0.4) is 0 Å². The predicted molar refractivity (Wildman–Crippen MR) is 56.9 cm³/mol. The average Bonchev–Trinajstić information content (AvgIpc) is 2.18. The number of nitrogen functional groups attached to an aromatic ring is 1. The fraction of sp³-hybridized carbons (Fsp3) is 0.111. The molecule has 4 N–H and O–H groups in total. The second kappa shape index (κ2) is 3.40. The lowest BCUT2D eigenvalue weighted by Gasteiger charge is -2.04. The number of aromatic nitrogens is 2. The number of halogens is 1. The summed E-state index contributed by atoms with van der Waals surface area (Å²) in [6.07, 6.45) is 0. The highest BCUT2D eigenvalue weighted by atomic mass is 35.5. The van der Waals surface area contributed by atoms with E-state index in [-0.39, 0.29) is 5.95 Å². The number of fused-ring (bicyclic) bond motifs is 1. The lowest BCUT2D eigenvalue weighted by molar-refractivity contribution is 0.998. The summed E-state index contributed by atoms with van der Waals surface area (Å²) in [6.45, 7) is 0.323. The normalized spacial score (nSPS) is 10.7. The Balaban J connectivity index is 2.87. The van der Waals surface area contributed by atoms with Crippen molar-refractivity contribution in [3.63, 3.8) is 0 Å². The summed E-state index contributed by atoms with van der Waals surface area (Å²) < 4.78 is 0. The van der Waals surface area contributed by atoms with E-state index >= 15 is 0 Å². The van der Waals surface area contributed by atoms with Gasteiger partial charge in [-0.2, -0.15) is 0 Å². The first-order chi connectivity index (χ1) is 6.72. The summed E-state index contributed by atoms with van der Waals surface area (Å²) in [5, 5.41) is 1.42. The minimum atomic E-state index is 0.200. The summed E-state index contributed by atoms with van der Waals surface area (Å²) in [5.74, 6) is 0.200. The molecule has 0 saturated carbocycles. The molecular weight excluding hydrogens is 200 g/mol. The fourth-order valence-corrected chi connectivity index (χ4v) is 1.57. The number of nitrogens with two attached hydrogens (primary N) is 2. The Morgan fingerprint density at radius 3 is 2.79 bits per heavy atom. The zero-order valence-electron chi connectivity index (χ0n) is 7.37. The van der Waals surface area contributed by atoms with Gasteiger partial charge in [0.1, 0.15) is 0 Å². The van der Waals surface area contributed by atoms with E-state index in [0.29, 0.717) is 17.1 Å². The van der Waals surface area contributed by atoms with Gasteiger partial charge in [0.2, 0.25) is 5.95 Å². The molecule has 1 heterocycles. The molecule has 1 aromatic heterocycles. The van der Waals surface area contributed by atoms with E-state index < -0.39 is 0 Å². The van der Waals surface area contributed by atoms with E-state index in [2.05, 4.69) is 9.97 Å². The quantitative estimate of drug-likeness (QED) is 0.741. The Kier molecular flexibility index (Phi) is 2.23. The van der Waals surface area contributed by atoms with Gasteiger partial charge in [-0.1, -0.05) is 23.7 Å². The number of para-hydroxylation sites is 1. The van der Waals surface area contributed by atoms with Crippen LogP contribution in [0.25, 0.3) is 10.9 Å². The van der Waals surface area contributed by atoms with E-state index in [1.165, 1.54) is 0 Å². The van der Waals surface area contributed by atoms with Gasteiger partial charge < -0.3 is 11.5 Å². The third-order valence-electron chi connectivity index (χ3n) is 1.97. The van der Waals surface area contributed by atoms with Crippen molar-refractivity contribution in [3.05, 3.63) is 28.9 Å². The summed E-state index contributed by atoms with van der Waals surface area (Å²) in [4.78, 5) is 8.11. The first-order valence-corrected chi connectivity index (χ1v) is 4.51. The van der Waals surface area contributed by atoms with Crippen LogP contribution in [-0.2, 0) is 6.54 Å². The Hall–Kier alpha value is -1.39. The first kappa shape index (κ1) is 9.18. The lowest BCUT2D eigenvalue weighted by atomic mass is 10.2. The molecule has 0 amide bonds. The van der Waals surface area contributed by atoms with Crippen LogP contribution in [0.15, 0.2) is 18.2 Å². The zero-order valence-corrected chi connectivity index (χ0v) is 8.12. The predicted octanol–water partition coefficient (Wildman–Crippen LogP) is 1.32. The fourth-order valence-electron chi connectivity index (χ4n) is 1.36. The van der Waals surface area contributed by atoms with Crippen molar-refractivity contribution in [1.29, 1.82) is 0 Å². The minimum absolute atomic E-state index is 0.200. The van der Waals surface area contributed by atoms with Crippen molar-refractivity contribution in [1.82, 2.24) is 9.97 Å². The number of hydrogen-bond donors (Lipinski definition) is 2. The molecule has 0 fully saturated rings. The van der Waals surface area contributed by atoms with Crippen LogP contribution in [0, 0.1) is 0 Å². The molecule has 14 heavy (non-hydrogen) atoms. The average molecular weight is 209 g/mol. The molecule has 0 aliphatic rings. The molecule has 0 atom stereocenters. The summed E-state index contributed by atoms with van der Waals surface area (Å²) in [7, 11) is 0. The van der Waals surface area contributed by atoms with E-state index in [9.17, 15) is 0 Å². The number of nitrogens with zero attached hydrogens (tertiary/aromatic N) is 2. The third kappa shape index (κ3) is 1.38. The number of benzene rings is 1. The summed E-state index contributed by atoms with van der Waals surface area (Å²) >= 11 is 5.97. The topological polar surface area (TPSA) is 77.8 Å². The molecule has 4 nitrogen and oxygen atoms in total. The van der Waals surface area contributed by atoms with Gasteiger partial charge in [0.25, 0.3) is 0 Å². The minimum Gasteiger partial charge on any atom is -0.368 e. The molecule has 0 aliphatic heterocycles. The summed E-state index contributed by atoms with van der Waals surface area (Å²) in [6, 6.07) is 5.48. The Morgan fingerprint density at radius 1 is 1.29 bits per heavy atom. The molecule has 2 aromatic rings. The molecule has 0 saturated heterocycles. The van der Waals surface area contributed by atoms with Crippen molar-refractivity contribution in [2.24, 2.45) is 5.73 Å². The van der Waals surface area contributed by atoms with E-state index in [4.69, 9.17) is 23.1 Å². The molecule has 1 aromatic carbocycles. The van der Waals surface area contributed by atoms with Gasteiger partial charge in [-0.15, -0.1) is 0 Å². The van der Waals surface area contributed by atoms with Crippen LogP contribution in [0.4, 0.5) is 5.95 Å². The highest BCUT2D eigenvalue weighted by Crippen LogP contribution is 2.23. The lowest BCUT2D eigenvalue weighted by Crippen LogP contribution is -2.05. The maximum Gasteiger partial charge on any atom is 0.220 e. The Morgan fingerprint density at radius 2 is 2.07 bits per heavy atom. The van der Waals surface area contributed by atoms with Crippen LogP contribution in [-0.4, -0.2) is 9.97 Å². The molecule has 5 heteroatoms. The molecule has 0 aliphatic carbocycles. The van der Waals surface area contributed by atoms with Crippen LogP contribution in [0.2, 0.25) is 5.02 Å². The second-order valence-corrected chi connectivity index (χ2v) is 3.28. The smallest absolute Gasteiger partial charge is 0.220 e. The zero-order chi connectivity index (χ0) is 10.1. The Bertz CT molecular complexity index is 483. The highest BCUT2D eigenvalue weighted by Gasteiger charge is 2.06. The SMILES string of the molecule is NCc1nc(N)nc2c(Cl)cccc12. The van der Waals surface area contributed by atoms with Crippen molar-refractivity contribution >= 4 is 28.5 Å². The molecule has 72 valence electrons. The van der Waals surface area contributed by atoms with Gasteiger partial charge in [0.05, 0.1) is 16.2 Å². The van der Waals surface area contributed by atoms with E-state index in [0.717, 1.165) is 11.1 Å². The standard InChI is InChI=1S/C9H9ClN4/c10-6-3-1-2-5-7(4-11)13-9(12)14-8(5)6/h1-3H,4,11H2,(H2,12,13,14). The molecule has 0 unspecified atom stereocenters. The summed E-state index contributed by atoms with van der Waals surface area (Å²) in [5.41, 5.74) is 12.5. The van der Waals surface area contributed by atoms with Crippen LogP contribution >= 0.6 is 11.6 Å². The van der Waals surface area contributed by atoms with Crippen LogP contribution in [0.5, 0.6) is 0 Å². The molecular formula is C9H9ClN4. The van der Waals surface area contributed by atoms with Crippen LogP contribution < -0.4 is 11.5 Å². The first-order valence-electron chi connectivity index (χ1n) is 4.13. The van der Waals surface area contributed by atoms with Crippen molar-refractivity contribution in [2.45, 2.75) is 6.54 Å².